The number of cyclic esters (lactones) is 1. The van der Waals surface area contributed by atoms with Gasteiger partial charge >= 0.3 is 5.97 Å². The lowest BCUT2D eigenvalue weighted by atomic mass is 10.1. The van der Waals surface area contributed by atoms with Crippen LogP contribution in [0, 0.1) is 0 Å². The highest BCUT2D eigenvalue weighted by molar-refractivity contribution is 5.97. The Morgan fingerprint density at radius 1 is 1.00 bits per heavy atom. The fourth-order valence-corrected chi connectivity index (χ4v) is 2.24. The van der Waals surface area contributed by atoms with Crippen LogP contribution in [0.5, 0.6) is 0 Å². The third-order valence-corrected chi connectivity index (χ3v) is 3.19. The van der Waals surface area contributed by atoms with Gasteiger partial charge in [0.1, 0.15) is 6.54 Å². The Kier molecular flexibility index (Phi) is 3.21. The molecule has 2 aromatic rings. The number of hydrogen-bond donors (Lipinski definition) is 0. The van der Waals surface area contributed by atoms with Crippen LogP contribution >= 0.6 is 0 Å². The number of rotatable bonds is 2. The van der Waals surface area contributed by atoms with E-state index in [0.29, 0.717) is 5.56 Å². The van der Waals surface area contributed by atoms with Crippen molar-refractivity contribution in [2.75, 3.05) is 6.54 Å². The highest BCUT2D eigenvalue weighted by Crippen LogP contribution is 2.28. The molecule has 4 nitrogen and oxygen atoms in total. The highest BCUT2D eigenvalue weighted by Gasteiger charge is 2.36. The van der Waals surface area contributed by atoms with Crippen LogP contribution in [-0.2, 0) is 9.53 Å². The molecule has 1 unspecified atom stereocenters. The van der Waals surface area contributed by atoms with Crippen LogP contribution in [-0.4, -0.2) is 23.3 Å². The molecule has 0 aromatic heterocycles. The van der Waals surface area contributed by atoms with E-state index in [9.17, 15) is 9.59 Å². The van der Waals surface area contributed by atoms with Gasteiger partial charge in [0.05, 0.1) is 0 Å². The second kappa shape index (κ2) is 5.17. The molecule has 0 aliphatic carbocycles. The van der Waals surface area contributed by atoms with Crippen molar-refractivity contribution in [3.63, 3.8) is 0 Å². The smallest absolute Gasteiger partial charge is 0.327 e. The Balaban J connectivity index is 1.91. The molecule has 1 heterocycles. The number of esters is 1. The standard InChI is InChI=1S/C16H13NO3/c18-14-11-17(15(19)12-7-3-1-4-8-12)16(20-14)13-9-5-2-6-10-13/h1-10,16H,11H2. The predicted molar refractivity (Wildman–Crippen MR) is 72.8 cm³/mol. The van der Waals surface area contributed by atoms with E-state index in [1.54, 1.807) is 24.3 Å². The van der Waals surface area contributed by atoms with Gasteiger partial charge in [-0.05, 0) is 12.1 Å². The van der Waals surface area contributed by atoms with Crippen LogP contribution in [0.25, 0.3) is 0 Å². The molecule has 0 spiro atoms. The zero-order valence-electron chi connectivity index (χ0n) is 10.7. The van der Waals surface area contributed by atoms with Gasteiger partial charge < -0.3 is 4.74 Å². The van der Waals surface area contributed by atoms with Crippen molar-refractivity contribution in [1.29, 1.82) is 0 Å². The van der Waals surface area contributed by atoms with Gasteiger partial charge in [0.15, 0.2) is 0 Å². The molecule has 1 atom stereocenters. The summed E-state index contributed by atoms with van der Waals surface area (Å²) in [5.74, 6) is -0.589. The van der Waals surface area contributed by atoms with Crippen molar-refractivity contribution >= 4 is 11.9 Å². The van der Waals surface area contributed by atoms with Gasteiger partial charge in [0.25, 0.3) is 5.91 Å². The van der Waals surface area contributed by atoms with Crippen molar-refractivity contribution in [2.45, 2.75) is 6.23 Å². The van der Waals surface area contributed by atoms with Crippen molar-refractivity contribution in [3.05, 3.63) is 71.8 Å². The van der Waals surface area contributed by atoms with Gasteiger partial charge in [-0.3, -0.25) is 14.5 Å². The largest absolute Gasteiger partial charge is 0.436 e. The predicted octanol–water partition coefficient (Wildman–Crippen LogP) is 2.38. The molecule has 4 heteroatoms. The third kappa shape index (κ3) is 2.28. The maximum absolute atomic E-state index is 12.5. The molecule has 0 radical (unpaired) electrons. The van der Waals surface area contributed by atoms with Crippen LogP contribution in [0.15, 0.2) is 60.7 Å². The summed E-state index contributed by atoms with van der Waals surface area (Å²) < 4.78 is 5.27. The molecule has 0 N–H and O–H groups in total. The van der Waals surface area contributed by atoms with Crippen LogP contribution in [0.2, 0.25) is 0 Å². The summed E-state index contributed by atoms with van der Waals surface area (Å²) in [5.41, 5.74) is 1.34. The molecular formula is C16H13NO3. The molecule has 0 bridgehead atoms. The summed E-state index contributed by atoms with van der Waals surface area (Å²) in [4.78, 5) is 25.5. The maximum Gasteiger partial charge on any atom is 0.327 e. The maximum atomic E-state index is 12.5. The topological polar surface area (TPSA) is 46.6 Å². The molecule has 1 fully saturated rings. The quantitative estimate of drug-likeness (QED) is 0.785. The lowest BCUT2D eigenvalue weighted by Crippen LogP contribution is -2.31. The first-order valence-electron chi connectivity index (χ1n) is 6.36. The monoisotopic (exact) mass is 267 g/mol. The first kappa shape index (κ1) is 12.4. The molecule has 100 valence electrons. The van der Waals surface area contributed by atoms with E-state index >= 15 is 0 Å². The van der Waals surface area contributed by atoms with Crippen LogP contribution < -0.4 is 0 Å². The zero-order chi connectivity index (χ0) is 13.9. The van der Waals surface area contributed by atoms with E-state index in [2.05, 4.69) is 0 Å². The lowest BCUT2D eigenvalue weighted by Gasteiger charge is -2.22. The molecule has 1 aliphatic heterocycles. The number of ether oxygens (including phenoxy) is 1. The molecule has 3 rings (SSSR count). The van der Waals surface area contributed by atoms with E-state index in [1.807, 2.05) is 36.4 Å². The number of amides is 1. The number of nitrogens with zero attached hydrogens (tertiary/aromatic N) is 1. The molecular weight excluding hydrogens is 254 g/mol. The van der Waals surface area contributed by atoms with Gasteiger partial charge in [0.2, 0.25) is 6.23 Å². The van der Waals surface area contributed by atoms with Crippen LogP contribution in [0.1, 0.15) is 22.1 Å². The number of benzene rings is 2. The summed E-state index contributed by atoms with van der Waals surface area (Å²) in [6.07, 6.45) is -0.642. The normalized spacial score (nSPS) is 17.9. The van der Waals surface area contributed by atoms with Gasteiger partial charge in [-0.1, -0.05) is 48.5 Å². The second-order valence-corrected chi connectivity index (χ2v) is 4.55. The van der Waals surface area contributed by atoms with Crippen LogP contribution in [0.3, 0.4) is 0 Å². The van der Waals surface area contributed by atoms with Crippen LogP contribution in [0.4, 0.5) is 0 Å². The second-order valence-electron chi connectivity index (χ2n) is 4.55. The Hall–Kier alpha value is -2.62. The van der Waals surface area contributed by atoms with E-state index < -0.39 is 6.23 Å². The molecule has 2 aromatic carbocycles. The van der Waals surface area contributed by atoms with E-state index in [0.717, 1.165) is 5.56 Å². The molecule has 20 heavy (non-hydrogen) atoms. The zero-order valence-corrected chi connectivity index (χ0v) is 10.7. The fraction of sp³-hybridized carbons (Fsp3) is 0.125. The van der Waals surface area contributed by atoms with Crippen molar-refractivity contribution in [2.24, 2.45) is 0 Å². The Labute approximate surface area is 116 Å². The van der Waals surface area contributed by atoms with Gasteiger partial charge in [-0.15, -0.1) is 0 Å². The number of hydrogen-bond acceptors (Lipinski definition) is 3. The first-order chi connectivity index (χ1) is 9.75. The first-order valence-corrected chi connectivity index (χ1v) is 6.36. The van der Waals surface area contributed by atoms with Gasteiger partial charge in [-0.25, -0.2) is 0 Å². The highest BCUT2D eigenvalue weighted by atomic mass is 16.6. The van der Waals surface area contributed by atoms with E-state index in [1.165, 1.54) is 4.90 Å². The SMILES string of the molecule is O=C1CN(C(=O)c2ccccc2)C(c2ccccc2)O1. The van der Waals surface area contributed by atoms with Crippen molar-refractivity contribution < 1.29 is 14.3 Å². The number of carbonyl (C=O) groups is 2. The fourth-order valence-electron chi connectivity index (χ4n) is 2.24. The Morgan fingerprint density at radius 2 is 1.60 bits per heavy atom. The summed E-state index contributed by atoms with van der Waals surface area (Å²) >= 11 is 0. The average Bonchev–Trinajstić information content (AvgIpc) is 2.90. The minimum Gasteiger partial charge on any atom is -0.436 e. The van der Waals surface area contributed by atoms with E-state index in [4.69, 9.17) is 4.74 Å². The minimum atomic E-state index is -0.642. The summed E-state index contributed by atoms with van der Waals surface area (Å²) in [6, 6.07) is 18.2. The Bertz CT molecular complexity index is 625. The minimum absolute atomic E-state index is 0.0205. The molecule has 1 saturated heterocycles. The molecule has 1 amide bonds. The lowest BCUT2D eigenvalue weighted by molar-refractivity contribution is -0.141. The summed E-state index contributed by atoms with van der Waals surface area (Å²) in [5, 5.41) is 0. The Morgan fingerprint density at radius 3 is 2.25 bits per heavy atom. The summed E-state index contributed by atoms with van der Waals surface area (Å²) in [6.45, 7) is -0.0205. The van der Waals surface area contributed by atoms with Gasteiger partial charge in [-0.2, -0.15) is 0 Å². The molecule has 1 aliphatic rings. The third-order valence-electron chi connectivity index (χ3n) is 3.19. The average molecular weight is 267 g/mol. The summed E-state index contributed by atoms with van der Waals surface area (Å²) in [7, 11) is 0. The van der Waals surface area contributed by atoms with Gasteiger partial charge in [0, 0.05) is 11.1 Å². The molecule has 0 saturated carbocycles. The van der Waals surface area contributed by atoms with Crippen molar-refractivity contribution in [3.8, 4) is 0 Å². The van der Waals surface area contributed by atoms with Crippen molar-refractivity contribution in [1.82, 2.24) is 4.90 Å². The van der Waals surface area contributed by atoms with E-state index in [-0.39, 0.29) is 18.4 Å². The number of carbonyl (C=O) groups excluding carboxylic acids is 2.